The number of amides is 1. The molecule has 3 aromatic rings. The first-order valence-electron chi connectivity index (χ1n) is 10.1. The minimum absolute atomic E-state index is 0.129. The molecule has 0 radical (unpaired) electrons. The molecular formula is C23H25N3O3S. The molecule has 1 fully saturated rings. The van der Waals surface area contributed by atoms with Crippen LogP contribution in [0.5, 0.6) is 11.5 Å². The normalized spacial score (nSPS) is 14.3. The monoisotopic (exact) mass is 423 g/mol. The van der Waals surface area contributed by atoms with E-state index in [1.807, 2.05) is 29.6 Å². The van der Waals surface area contributed by atoms with Crippen molar-refractivity contribution in [2.24, 2.45) is 5.92 Å². The van der Waals surface area contributed by atoms with Crippen molar-refractivity contribution in [2.45, 2.75) is 32.1 Å². The molecule has 1 saturated carbocycles. The lowest BCUT2D eigenvalue weighted by atomic mass is 9.88. The summed E-state index contributed by atoms with van der Waals surface area (Å²) in [7, 11) is 3.22. The highest BCUT2D eigenvalue weighted by Gasteiger charge is 2.21. The molecule has 1 aliphatic carbocycles. The van der Waals surface area contributed by atoms with E-state index < -0.39 is 0 Å². The second kappa shape index (κ2) is 9.26. The van der Waals surface area contributed by atoms with Gasteiger partial charge in [0.2, 0.25) is 5.91 Å². The molecular weight excluding hydrogens is 398 g/mol. The molecule has 30 heavy (non-hydrogen) atoms. The van der Waals surface area contributed by atoms with Gasteiger partial charge in [-0.15, -0.1) is 11.3 Å². The Bertz CT molecular complexity index is 1030. The van der Waals surface area contributed by atoms with Crippen molar-refractivity contribution in [2.75, 3.05) is 19.5 Å². The second-order valence-electron chi connectivity index (χ2n) is 7.38. The fourth-order valence-electron chi connectivity index (χ4n) is 3.76. The van der Waals surface area contributed by atoms with E-state index in [4.69, 9.17) is 14.5 Å². The van der Waals surface area contributed by atoms with Gasteiger partial charge in [0.25, 0.3) is 0 Å². The summed E-state index contributed by atoms with van der Waals surface area (Å²) in [4.78, 5) is 22.6. The zero-order valence-corrected chi connectivity index (χ0v) is 18.0. The molecule has 7 heteroatoms. The van der Waals surface area contributed by atoms with Crippen LogP contribution in [0, 0.1) is 5.92 Å². The summed E-state index contributed by atoms with van der Waals surface area (Å²) >= 11 is 1.55. The number of methoxy groups -OCH3 is 2. The number of carbonyl (C=O) groups is 1. The molecule has 1 amide bonds. The van der Waals surface area contributed by atoms with Gasteiger partial charge in [-0.25, -0.2) is 4.98 Å². The highest BCUT2D eigenvalue weighted by Crippen LogP contribution is 2.34. The molecule has 2 heterocycles. The van der Waals surface area contributed by atoms with E-state index in [2.05, 4.69) is 10.3 Å². The maximum absolute atomic E-state index is 12.5. The summed E-state index contributed by atoms with van der Waals surface area (Å²) in [6.07, 6.45) is 8.97. The molecule has 0 aliphatic heterocycles. The van der Waals surface area contributed by atoms with Crippen LogP contribution in [-0.2, 0) is 4.79 Å². The molecule has 0 atom stereocenters. The second-order valence-corrected chi connectivity index (χ2v) is 8.29. The van der Waals surface area contributed by atoms with Gasteiger partial charge in [-0.05, 0) is 37.1 Å². The van der Waals surface area contributed by atoms with Crippen molar-refractivity contribution >= 4 is 22.9 Å². The van der Waals surface area contributed by atoms with Crippen molar-refractivity contribution in [3.63, 3.8) is 0 Å². The van der Waals surface area contributed by atoms with Crippen LogP contribution in [0.15, 0.2) is 42.0 Å². The lowest BCUT2D eigenvalue weighted by Gasteiger charge is -2.20. The minimum Gasteiger partial charge on any atom is -0.493 e. The highest BCUT2D eigenvalue weighted by molar-refractivity contribution is 7.14. The summed E-state index contributed by atoms with van der Waals surface area (Å²) in [5, 5.41) is 5.03. The lowest BCUT2D eigenvalue weighted by molar-refractivity contribution is -0.120. The Kier molecular flexibility index (Phi) is 6.28. The highest BCUT2D eigenvalue weighted by atomic mass is 32.1. The number of rotatable bonds is 6. The molecule has 4 rings (SSSR count). The first-order chi connectivity index (χ1) is 14.7. The van der Waals surface area contributed by atoms with Crippen LogP contribution in [-0.4, -0.2) is 30.1 Å². The average molecular weight is 424 g/mol. The Morgan fingerprint density at radius 1 is 1.03 bits per heavy atom. The van der Waals surface area contributed by atoms with E-state index in [9.17, 15) is 4.79 Å². The third-order valence-electron chi connectivity index (χ3n) is 5.41. The largest absolute Gasteiger partial charge is 0.493 e. The number of nitrogens with zero attached hydrogens (tertiary/aromatic N) is 2. The van der Waals surface area contributed by atoms with Gasteiger partial charge >= 0.3 is 0 Å². The number of benzene rings is 1. The van der Waals surface area contributed by atoms with Gasteiger partial charge in [-0.1, -0.05) is 19.3 Å². The Hall–Kier alpha value is -2.93. The van der Waals surface area contributed by atoms with Crippen LogP contribution in [0.2, 0.25) is 0 Å². The number of hydrogen-bond donors (Lipinski definition) is 1. The molecule has 0 unspecified atom stereocenters. The van der Waals surface area contributed by atoms with E-state index in [1.54, 1.807) is 38.0 Å². The van der Waals surface area contributed by atoms with Crippen molar-refractivity contribution in [1.29, 1.82) is 0 Å². The number of anilines is 1. The topological polar surface area (TPSA) is 73.3 Å². The molecule has 0 spiro atoms. The molecule has 1 aliphatic rings. The van der Waals surface area contributed by atoms with E-state index >= 15 is 0 Å². The minimum atomic E-state index is 0.129. The van der Waals surface area contributed by atoms with Crippen molar-refractivity contribution in [3.05, 3.63) is 42.0 Å². The van der Waals surface area contributed by atoms with Gasteiger partial charge in [0, 0.05) is 16.9 Å². The maximum atomic E-state index is 12.5. The quantitative estimate of drug-likeness (QED) is 0.574. The van der Waals surface area contributed by atoms with Gasteiger partial charge in [-0.2, -0.15) is 0 Å². The summed E-state index contributed by atoms with van der Waals surface area (Å²) in [5.74, 6) is 1.58. The van der Waals surface area contributed by atoms with Gasteiger partial charge in [0.15, 0.2) is 11.5 Å². The maximum Gasteiger partial charge on any atom is 0.227 e. The summed E-state index contributed by atoms with van der Waals surface area (Å²) in [6, 6.07) is 7.64. The fourth-order valence-corrected chi connectivity index (χ4v) is 4.56. The van der Waals surface area contributed by atoms with Crippen molar-refractivity contribution in [1.82, 2.24) is 9.97 Å². The Morgan fingerprint density at radius 2 is 1.80 bits per heavy atom. The molecule has 1 aromatic carbocycles. The number of thiophene rings is 1. The summed E-state index contributed by atoms with van der Waals surface area (Å²) in [5.41, 5.74) is 3.23. The Morgan fingerprint density at radius 3 is 2.57 bits per heavy atom. The van der Waals surface area contributed by atoms with Crippen LogP contribution >= 0.6 is 11.3 Å². The van der Waals surface area contributed by atoms with Crippen LogP contribution in [0.4, 0.5) is 5.69 Å². The summed E-state index contributed by atoms with van der Waals surface area (Å²) in [6.45, 7) is 0. The van der Waals surface area contributed by atoms with Crippen LogP contribution < -0.4 is 14.8 Å². The smallest absolute Gasteiger partial charge is 0.227 e. The number of nitrogens with one attached hydrogen (secondary N) is 1. The molecule has 2 aromatic heterocycles. The standard InChI is InChI=1S/C23H25N3O3S/c1-28-20-9-8-16(10-21(20)29-2)18-12-24-13-19(26-18)22-11-17(14-30-22)25-23(27)15-6-4-3-5-7-15/h8-15H,3-7H2,1-2H3,(H,25,27). The first kappa shape index (κ1) is 20.3. The molecule has 1 N–H and O–H groups in total. The predicted octanol–water partition coefficient (Wildman–Crippen LogP) is 5.41. The van der Waals surface area contributed by atoms with E-state index in [1.165, 1.54) is 6.42 Å². The van der Waals surface area contributed by atoms with E-state index in [0.717, 1.165) is 53.2 Å². The molecule has 0 saturated heterocycles. The fraction of sp³-hybridized carbons (Fsp3) is 0.348. The van der Waals surface area contributed by atoms with Gasteiger partial charge in [0.05, 0.1) is 48.6 Å². The number of carbonyl (C=O) groups excluding carboxylic acids is 1. The zero-order chi connectivity index (χ0) is 20.9. The predicted molar refractivity (Wildman–Crippen MR) is 119 cm³/mol. The van der Waals surface area contributed by atoms with Gasteiger partial charge in [0.1, 0.15) is 0 Å². The third-order valence-corrected chi connectivity index (χ3v) is 6.36. The molecule has 0 bridgehead atoms. The Balaban J connectivity index is 1.52. The summed E-state index contributed by atoms with van der Waals surface area (Å²) < 4.78 is 10.7. The lowest BCUT2D eigenvalue weighted by Crippen LogP contribution is -2.24. The van der Waals surface area contributed by atoms with Crippen molar-refractivity contribution < 1.29 is 14.3 Å². The third kappa shape index (κ3) is 4.46. The number of aromatic nitrogens is 2. The SMILES string of the molecule is COc1ccc(-c2cncc(-c3cc(NC(=O)C4CCCCC4)cs3)n2)cc1OC. The molecule has 6 nitrogen and oxygen atoms in total. The van der Waals surface area contributed by atoms with Crippen LogP contribution in [0.1, 0.15) is 32.1 Å². The van der Waals surface area contributed by atoms with Crippen molar-refractivity contribution in [3.8, 4) is 33.3 Å². The van der Waals surface area contributed by atoms with Crippen LogP contribution in [0.25, 0.3) is 21.8 Å². The van der Waals surface area contributed by atoms with E-state index in [0.29, 0.717) is 11.5 Å². The number of hydrogen-bond acceptors (Lipinski definition) is 6. The van der Waals surface area contributed by atoms with Gasteiger partial charge in [-0.3, -0.25) is 9.78 Å². The number of ether oxygens (including phenoxy) is 2. The van der Waals surface area contributed by atoms with E-state index in [-0.39, 0.29) is 11.8 Å². The zero-order valence-electron chi connectivity index (χ0n) is 17.2. The average Bonchev–Trinajstić information content (AvgIpc) is 3.27. The van der Waals surface area contributed by atoms with Crippen LogP contribution in [0.3, 0.4) is 0 Å². The Labute approximate surface area is 180 Å². The first-order valence-corrected chi connectivity index (χ1v) is 11.0. The van der Waals surface area contributed by atoms with Gasteiger partial charge < -0.3 is 14.8 Å². The molecule has 156 valence electrons.